The fourth-order valence-corrected chi connectivity index (χ4v) is 4.18. The molecule has 174 valence electrons. The van der Waals surface area contributed by atoms with E-state index in [1.54, 1.807) is 23.8 Å². The summed E-state index contributed by atoms with van der Waals surface area (Å²) in [6, 6.07) is 15.6. The Kier molecular flexibility index (Phi) is 10.6. The molecule has 32 heavy (non-hydrogen) atoms. The number of carbonyl (C=O) groups excluding carboxylic acids is 2. The molecule has 0 aliphatic rings. The lowest BCUT2D eigenvalue weighted by Crippen LogP contribution is -2.51. The molecule has 2 aromatic carbocycles. The molecule has 0 saturated heterocycles. The molecule has 1 N–H and O–H groups in total. The van der Waals surface area contributed by atoms with Crippen LogP contribution in [-0.2, 0) is 21.9 Å². The largest absolute Gasteiger partial charge is 0.497 e. The van der Waals surface area contributed by atoms with Gasteiger partial charge in [0.2, 0.25) is 11.8 Å². The molecule has 2 amide bonds. The molecule has 2 rings (SSSR count). The summed E-state index contributed by atoms with van der Waals surface area (Å²) in [5.41, 5.74) is 3.33. The highest BCUT2D eigenvalue weighted by atomic mass is 32.2. The van der Waals surface area contributed by atoms with E-state index < -0.39 is 6.04 Å². The number of benzene rings is 2. The summed E-state index contributed by atoms with van der Waals surface area (Å²) in [6.07, 6.45) is 1.43. The zero-order chi connectivity index (χ0) is 23.5. The van der Waals surface area contributed by atoms with Gasteiger partial charge >= 0.3 is 0 Å². The van der Waals surface area contributed by atoms with Crippen molar-refractivity contribution in [2.24, 2.45) is 0 Å². The van der Waals surface area contributed by atoms with Crippen LogP contribution in [-0.4, -0.2) is 41.7 Å². The molecule has 5 nitrogen and oxygen atoms in total. The van der Waals surface area contributed by atoms with Crippen molar-refractivity contribution in [3.8, 4) is 5.75 Å². The maximum Gasteiger partial charge on any atom is 0.243 e. The fourth-order valence-electron chi connectivity index (χ4n) is 3.31. The van der Waals surface area contributed by atoms with E-state index in [1.165, 1.54) is 5.56 Å². The van der Waals surface area contributed by atoms with Gasteiger partial charge in [-0.25, -0.2) is 0 Å². The van der Waals surface area contributed by atoms with Crippen LogP contribution in [0.25, 0.3) is 0 Å². The summed E-state index contributed by atoms with van der Waals surface area (Å²) >= 11 is 1.56. The second-order valence-electron chi connectivity index (χ2n) is 8.09. The van der Waals surface area contributed by atoms with E-state index in [2.05, 4.69) is 5.32 Å². The van der Waals surface area contributed by atoms with Crippen molar-refractivity contribution in [1.29, 1.82) is 0 Å². The van der Waals surface area contributed by atoms with Crippen molar-refractivity contribution in [3.05, 3.63) is 65.2 Å². The smallest absolute Gasteiger partial charge is 0.243 e. The lowest BCUT2D eigenvalue weighted by molar-refractivity contribution is -0.139. The molecule has 2 atom stereocenters. The molecular weight excluding hydrogens is 420 g/mol. The average Bonchev–Trinajstić information content (AvgIpc) is 2.80. The van der Waals surface area contributed by atoms with Gasteiger partial charge in [0.25, 0.3) is 0 Å². The lowest BCUT2D eigenvalue weighted by Gasteiger charge is -2.31. The van der Waals surface area contributed by atoms with Gasteiger partial charge in [-0.15, -0.1) is 11.8 Å². The molecule has 6 heteroatoms. The number of aryl methyl sites for hydroxylation is 1. The van der Waals surface area contributed by atoms with Crippen LogP contribution in [0.5, 0.6) is 5.75 Å². The van der Waals surface area contributed by atoms with Crippen LogP contribution in [0.3, 0.4) is 0 Å². The second kappa shape index (κ2) is 13.2. The average molecular weight is 457 g/mol. The van der Waals surface area contributed by atoms with Gasteiger partial charge in [0.15, 0.2) is 0 Å². The third-order valence-corrected chi connectivity index (χ3v) is 6.50. The van der Waals surface area contributed by atoms with E-state index in [0.717, 1.165) is 29.1 Å². The Labute approximate surface area is 196 Å². The highest BCUT2D eigenvalue weighted by Crippen LogP contribution is 2.19. The number of hydrogen-bond acceptors (Lipinski definition) is 4. The minimum Gasteiger partial charge on any atom is -0.497 e. The Morgan fingerprint density at radius 1 is 1.00 bits per heavy atom. The molecule has 0 aliphatic heterocycles. The first-order valence-electron chi connectivity index (χ1n) is 11.2. The molecule has 0 radical (unpaired) electrons. The third-order valence-electron chi connectivity index (χ3n) is 5.51. The minimum absolute atomic E-state index is 0.0183. The number of ether oxygens (including phenoxy) is 1. The number of methoxy groups -OCH3 is 1. The van der Waals surface area contributed by atoms with Gasteiger partial charge in [0.05, 0.1) is 12.9 Å². The molecule has 0 aromatic heterocycles. The quantitative estimate of drug-likeness (QED) is 0.490. The monoisotopic (exact) mass is 456 g/mol. The first kappa shape index (κ1) is 25.8. The predicted octanol–water partition coefficient (Wildman–Crippen LogP) is 4.96. The summed E-state index contributed by atoms with van der Waals surface area (Å²) in [7, 11) is 1.65. The summed E-state index contributed by atoms with van der Waals surface area (Å²) in [5.74, 6) is 1.77. The lowest BCUT2D eigenvalue weighted by atomic mass is 10.1. The van der Waals surface area contributed by atoms with Gasteiger partial charge in [-0.1, -0.05) is 55.8 Å². The van der Waals surface area contributed by atoms with Gasteiger partial charge in [0, 0.05) is 18.3 Å². The van der Waals surface area contributed by atoms with Gasteiger partial charge in [-0.3, -0.25) is 9.59 Å². The number of thioether (sulfide) groups is 1. The molecule has 0 spiro atoms. The van der Waals surface area contributed by atoms with Crippen molar-refractivity contribution in [2.45, 2.75) is 64.9 Å². The highest BCUT2D eigenvalue weighted by molar-refractivity contribution is 7.99. The Hall–Kier alpha value is -2.47. The van der Waals surface area contributed by atoms with Crippen LogP contribution in [0.4, 0.5) is 0 Å². The maximum atomic E-state index is 13.3. The predicted molar refractivity (Wildman–Crippen MR) is 133 cm³/mol. The van der Waals surface area contributed by atoms with E-state index >= 15 is 0 Å². The van der Waals surface area contributed by atoms with Crippen molar-refractivity contribution < 1.29 is 14.3 Å². The first-order valence-corrected chi connectivity index (χ1v) is 12.4. The zero-order valence-electron chi connectivity index (χ0n) is 19.9. The number of carbonyl (C=O) groups is 2. The number of nitrogens with one attached hydrogen (secondary N) is 1. The molecule has 0 saturated carbocycles. The van der Waals surface area contributed by atoms with Gasteiger partial charge in [0.1, 0.15) is 11.8 Å². The Balaban J connectivity index is 2.10. The first-order chi connectivity index (χ1) is 15.4. The second-order valence-corrected chi connectivity index (χ2v) is 9.08. The molecule has 0 aliphatic carbocycles. The van der Waals surface area contributed by atoms with E-state index in [4.69, 9.17) is 4.74 Å². The van der Waals surface area contributed by atoms with Crippen molar-refractivity contribution in [1.82, 2.24) is 10.2 Å². The van der Waals surface area contributed by atoms with E-state index in [9.17, 15) is 9.59 Å². The van der Waals surface area contributed by atoms with Crippen LogP contribution in [0.1, 0.15) is 50.3 Å². The zero-order valence-corrected chi connectivity index (χ0v) is 20.7. The molecular formula is C26H36N2O3S. The topological polar surface area (TPSA) is 58.6 Å². The number of rotatable bonds is 12. The number of hydrogen-bond donors (Lipinski definition) is 1. The van der Waals surface area contributed by atoms with Crippen LogP contribution in [0, 0.1) is 6.92 Å². The van der Waals surface area contributed by atoms with E-state index in [1.807, 2.05) is 76.2 Å². The van der Waals surface area contributed by atoms with Crippen LogP contribution in [0.2, 0.25) is 0 Å². The molecule has 0 bridgehead atoms. The SMILES string of the molecule is CC[C@@H](C)NC(=O)[C@@H](CC)N(Cc1ccc(C)cc1)C(=O)CSCc1ccc(OC)cc1. The highest BCUT2D eigenvalue weighted by Gasteiger charge is 2.29. The van der Waals surface area contributed by atoms with Gasteiger partial charge in [-0.05, 0) is 49.9 Å². The van der Waals surface area contributed by atoms with Crippen molar-refractivity contribution in [2.75, 3.05) is 12.9 Å². The molecule has 0 fully saturated rings. The van der Waals surface area contributed by atoms with Crippen LogP contribution in [0.15, 0.2) is 48.5 Å². The van der Waals surface area contributed by atoms with Crippen LogP contribution >= 0.6 is 11.8 Å². The number of amides is 2. The van der Waals surface area contributed by atoms with Gasteiger partial charge < -0.3 is 15.0 Å². The number of nitrogens with zero attached hydrogens (tertiary/aromatic N) is 1. The third kappa shape index (κ3) is 7.90. The van der Waals surface area contributed by atoms with Crippen molar-refractivity contribution >= 4 is 23.6 Å². The molecule has 2 aromatic rings. The Morgan fingerprint density at radius 3 is 2.19 bits per heavy atom. The fraction of sp³-hybridized carbons (Fsp3) is 0.462. The van der Waals surface area contributed by atoms with Crippen molar-refractivity contribution in [3.63, 3.8) is 0 Å². The molecule has 0 heterocycles. The molecule has 0 unspecified atom stereocenters. The summed E-state index contributed by atoms with van der Waals surface area (Å²) in [5, 5.41) is 3.05. The Bertz CT molecular complexity index is 852. The van der Waals surface area contributed by atoms with E-state index in [0.29, 0.717) is 18.7 Å². The van der Waals surface area contributed by atoms with Crippen LogP contribution < -0.4 is 10.1 Å². The summed E-state index contributed by atoms with van der Waals surface area (Å²) in [6.45, 7) is 8.45. The normalized spacial score (nSPS) is 12.7. The van der Waals surface area contributed by atoms with Gasteiger partial charge in [-0.2, -0.15) is 0 Å². The summed E-state index contributed by atoms with van der Waals surface area (Å²) in [4.78, 5) is 28.0. The maximum absolute atomic E-state index is 13.3. The van der Waals surface area contributed by atoms with E-state index in [-0.39, 0.29) is 17.9 Å². The standard InChI is InChI=1S/C26H36N2O3S/c1-6-20(4)27-26(30)24(7-2)28(16-21-10-8-19(3)9-11-21)25(29)18-32-17-22-12-14-23(31-5)15-13-22/h8-15,20,24H,6-7,16-18H2,1-5H3,(H,27,30)/t20-,24-/m1/s1. The Morgan fingerprint density at radius 2 is 1.62 bits per heavy atom. The minimum atomic E-state index is -0.487. The summed E-state index contributed by atoms with van der Waals surface area (Å²) < 4.78 is 5.20.